The van der Waals surface area contributed by atoms with Crippen molar-refractivity contribution in [2.75, 3.05) is 5.43 Å². The van der Waals surface area contributed by atoms with Crippen LogP contribution < -0.4 is 11.3 Å². The minimum Gasteiger partial charge on any atom is -0.367 e. The molecule has 1 aromatic heterocycles. The van der Waals surface area contributed by atoms with Crippen molar-refractivity contribution in [1.29, 1.82) is 0 Å². The van der Waals surface area contributed by atoms with E-state index < -0.39 is 0 Å². The van der Waals surface area contributed by atoms with Crippen LogP contribution in [0.15, 0.2) is 18.3 Å². The molecule has 0 saturated carbocycles. The number of nitrogens with two attached hydrogens (primary N) is 1. The third kappa shape index (κ3) is 2.03. The summed E-state index contributed by atoms with van der Waals surface area (Å²) in [6.07, 6.45) is 2.75. The Morgan fingerprint density at radius 3 is 2.65 bits per heavy atom. The Labute approximate surface area is 103 Å². The van der Waals surface area contributed by atoms with Gasteiger partial charge in [-0.15, -0.1) is 0 Å². The number of nitrogen functional groups attached to an aromatic ring is 1. The van der Waals surface area contributed by atoms with Crippen molar-refractivity contribution in [1.82, 2.24) is 4.98 Å². The summed E-state index contributed by atoms with van der Waals surface area (Å²) < 4.78 is 6.16. The SMILES string of the molecule is CC1(C)CC(c2cccnc2NN)OC1(C)C. The van der Waals surface area contributed by atoms with Crippen molar-refractivity contribution in [2.45, 2.75) is 45.8 Å². The van der Waals surface area contributed by atoms with Gasteiger partial charge in [0.2, 0.25) is 0 Å². The van der Waals surface area contributed by atoms with Crippen LogP contribution in [0.1, 0.15) is 45.8 Å². The van der Waals surface area contributed by atoms with Gasteiger partial charge in [-0.05, 0) is 31.7 Å². The van der Waals surface area contributed by atoms with Crippen molar-refractivity contribution in [3.63, 3.8) is 0 Å². The number of ether oxygens (including phenoxy) is 1. The summed E-state index contributed by atoms with van der Waals surface area (Å²) in [6, 6.07) is 3.93. The molecule has 4 heteroatoms. The topological polar surface area (TPSA) is 60.2 Å². The highest BCUT2D eigenvalue weighted by molar-refractivity contribution is 5.44. The summed E-state index contributed by atoms with van der Waals surface area (Å²) in [4.78, 5) is 4.22. The van der Waals surface area contributed by atoms with E-state index >= 15 is 0 Å². The molecule has 1 atom stereocenters. The number of rotatable bonds is 2. The van der Waals surface area contributed by atoms with Gasteiger partial charge in [0.15, 0.2) is 0 Å². The smallest absolute Gasteiger partial charge is 0.145 e. The predicted molar refractivity (Wildman–Crippen MR) is 68.4 cm³/mol. The molecular weight excluding hydrogens is 214 g/mol. The number of anilines is 1. The summed E-state index contributed by atoms with van der Waals surface area (Å²) in [5.41, 5.74) is 3.67. The van der Waals surface area contributed by atoms with Crippen LogP contribution in [-0.4, -0.2) is 10.6 Å². The molecular formula is C13H21N3O. The molecule has 0 aliphatic carbocycles. The lowest BCUT2D eigenvalue weighted by atomic mass is 9.76. The number of nitrogens with one attached hydrogen (secondary N) is 1. The van der Waals surface area contributed by atoms with E-state index in [2.05, 4.69) is 38.1 Å². The van der Waals surface area contributed by atoms with Crippen LogP contribution >= 0.6 is 0 Å². The maximum Gasteiger partial charge on any atom is 0.145 e. The molecule has 1 fully saturated rings. The van der Waals surface area contributed by atoms with Gasteiger partial charge in [-0.25, -0.2) is 10.8 Å². The second-order valence-electron chi connectivity index (χ2n) is 5.79. The zero-order chi connectivity index (χ0) is 12.7. The molecule has 94 valence electrons. The molecule has 1 aliphatic rings. The Balaban J connectivity index is 2.32. The first-order valence-electron chi connectivity index (χ1n) is 5.97. The first kappa shape index (κ1) is 12.3. The van der Waals surface area contributed by atoms with Gasteiger partial charge in [0.05, 0.1) is 11.7 Å². The van der Waals surface area contributed by atoms with Crippen LogP contribution in [0.2, 0.25) is 0 Å². The Kier molecular flexibility index (Phi) is 2.87. The minimum atomic E-state index is -0.140. The normalized spacial score (nSPS) is 25.8. The predicted octanol–water partition coefficient (Wildman–Crippen LogP) is 2.63. The molecule has 0 bridgehead atoms. The van der Waals surface area contributed by atoms with Gasteiger partial charge < -0.3 is 10.2 Å². The van der Waals surface area contributed by atoms with E-state index in [0.29, 0.717) is 5.82 Å². The van der Waals surface area contributed by atoms with Crippen molar-refractivity contribution >= 4 is 5.82 Å². The number of pyridine rings is 1. The summed E-state index contributed by atoms with van der Waals surface area (Å²) in [5, 5.41) is 0. The van der Waals surface area contributed by atoms with Gasteiger partial charge in [-0.1, -0.05) is 19.9 Å². The Morgan fingerprint density at radius 1 is 1.41 bits per heavy atom. The quantitative estimate of drug-likeness (QED) is 0.611. The molecule has 0 amide bonds. The highest BCUT2D eigenvalue weighted by Gasteiger charge is 2.48. The van der Waals surface area contributed by atoms with Gasteiger partial charge in [0.25, 0.3) is 0 Å². The minimum absolute atomic E-state index is 0.0553. The molecule has 4 nitrogen and oxygen atoms in total. The largest absolute Gasteiger partial charge is 0.367 e. The van der Waals surface area contributed by atoms with Crippen LogP contribution in [-0.2, 0) is 4.74 Å². The monoisotopic (exact) mass is 235 g/mol. The van der Waals surface area contributed by atoms with Gasteiger partial charge >= 0.3 is 0 Å². The number of hydrogen-bond acceptors (Lipinski definition) is 4. The molecule has 3 N–H and O–H groups in total. The highest BCUT2D eigenvalue weighted by atomic mass is 16.5. The molecule has 2 heterocycles. The van der Waals surface area contributed by atoms with E-state index in [1.54, 1.807) is 6.20 Å². The van der Waals surface area contributed by atoms with Crippen LogP contribution in [0.4, 0.5) is 5.82 Å². The number of aromatic nitrogens is 1. The average Bonchev–Trinajstić information content (AvgIpc) is 2.48. The van der Waals surface area contributed by atoms with Crippen LogP contribution in [0.5, 0.6) is 0 Å². The highest BCUT2D eigenvalue weighted by Crippen LogP contribution is 2.52. The van der Waals surface area contributed by atoms with Crippen molar-refractivity contribution in [2.24, 2.45) is 11.3 Å². The second-order valence-corrected chi connectivity index (χ2v) is 5.79. The molecule has 1 unspecified atom stereocenters. The maximum atomic E-state index is 6.16. The number of hydrazine groups is 1. The van der Waals surface area contributed by atoms with Crippen molar-refractivity contribution in [3.05, 3.63) is 23.9 Å². The van der Waals surface area contributed by atoms with Crippen LogP contribution in [0.25, 0.3) is 0 Å². The molecule has 1 aromatic rings. The molecule has 0 aromatic carbocycles. The lowest BCUT2D eigenvalue weighted by Gasteiger charge is -2.32. The molecule has 1 saturated heterocycles. The standard InChI is InChI=1S/C13H21N3O/c1-12(2)8-10(17-13(12,3)4)9-6-5-7-15-11(9)16-14/h5-7,10H,8,14H2,1-4H3,(H,15,16). The maximum absolute atomic E-state index is 6.16. The summed E-state index contributed by atoms with van der Waals surface area (Å²) in [7, 11) is 0. The fraction of sp³-hybridized carbons (Fsp3) is 0.615. The first-order chi connectivity index (χ1) is 7.87. The van der Waals surface area contributed by atoms with E-state index in [1.807, 2.05) is 12.1 Å². The molecule has 2 rings (SSSR count). The molecule has 17 heavy (non-hydrogen) atoms. The van der Waals surface area contributed by atoms with Crippen LogP contribution in [0.3, 0.4) is 0 Å². The van der Waals surface area contributed by atoms with E-state index in [0.717, 1.165) is 12.0 Å². The van der Waals surface area contributed by atoms with Gasteiger partial charge in [0.1, 0.15) is 5.82 Å². The van der Waals surface area contributed by atoms with Gasteiger partial charge in [-0.3, -0.25) is 0 Å². The Hall–Kier alpha value is -1.13. The van der Waals surface area contributed by atoms with Gasteiger partial charge in [-0.2, -0.15) is 0 Å². The Bertz CT molecular complexity index is 399. The lowest BCUT2D eigenvalue weighted by molar-refractivity contribution is -0.0522. The summed E-state index contributed by atoms with van der Waals surface area (Å²) in [6.45, 7) is 8.75. The fourth-order valence-electron chi connectivity index (χ4n) is 2.24. The van der Waals surface area contributed by atoms with E-state index in [9.17, 15) is 0 Å². The first-order valence-corrected chi connectivity index (χ1v) is 5.97. The molecule has 0 radical (unpaired) electrons. The van der Waals surface area contributed by atoms with Crippen molar-refractivity contribution < 1.29 is 4.74 Å². The van der Waals surface area contributed by atoms with E-state index in [1.165, 1.54) is 0 Å². The third-order valence-electron chi connectivity index (χ3n) is 4.08. The third-order valence-corrected chi connectivity index (χ3v) is 4.08. The summed E-state index contributed by atoms with van der Waals surface area (Å²) >= 11 is 0. The molecule has 0 spiro atoms. The number of hydrogen-bond donors (Lipinski definition) is 2. The van der Waals surface area contributed by atoms with E-state index in [-0.39, 0.29) is 17.1 Å². The van der Waals surface area contributed by atoms with Crippen molar-refractivity contribution in [3.8, 4) is 0 Å². The lowest BCUT2D eigenvalue weighted by Crippen LogP contribution is -2.34. The number of nitrogens with zero attached hydrogens (tertiary/aromatic N) is 1. The second kappa shape index (κ2) is 3.96. The average molecular weight is 235 g/mol. The van der Waals surface area contributed by atoms with Gasteiger partial charge in [0, 0.05) is 11.8 Å². The van der Waals surface area contributed by atoms with E-state index in [4.69, 9.17) is 10.6 Å². The Morgan fingerprint density at radius 2 is 2.12 bits per heavy atom. The van der Waals surface area contributed by atoms with Crippen LogP contribution in [0, 0.1) is 5.41 Å². The zero-order valence-electron chi connectivity index (χ0n) is 10.9. The summed E-state index contributed by atoms with van der Waals surface area (Å²) in [5.74, 6) is 6.19. The molecule has 1 aliphatic heterocycles. The fourth-order valence-corrected chi connectivity index (χ4v) is 2.24. The zero-order valence-corrected chi connectivity index (χ0v) is 10.9.